The second kappa shape index (κ2) is 8.71. The van der Waals surface area contributed by atoms with Crippen molar-refractivity contribution in [3.8, 4) is 5.75 Å². The summed E-state index contributed by atoms with van der Waals surface area (Å²) in [5.41, 5.74) is 1.01. The molecule has 0 bridgehead atoms. The minimum absolute atomic E-state index is 0.0494. The number of hydrogen-bond acceptors (Lipinski definition) is 3. The Kier molecular flexibility index (Phi) is 6.64. The predicted molar refractivity (Wildman–Crippen MR) is 93.7 cm³/mol. The molecule has 1 aliphatic heterocycles. The van der Waals surface area contributed by atoms with Crippen LogP contribution in [-0.4, -0.2) is 48.4 Å². The van der Waals surface area contributed by atoms with Crippen LogP contribution in [0.2, 0.25) is 0 Å². The molecule has 1 aromatic carbocycles. The van der Waals surface area contributed by atoms with E-state index in [0.29, 0.717) is 38.5 Å². The number of para-hydroxylation sites is 1. The summed E-state index contributed by atoms with van der Waals surface area (Å²) in [6.07, 6.45) is 1.89. The maximum atomic E-state index is 12.3. The van der Waals surface area contributed by atoms with Gasteiger partial charge in [-0.2, -0.15) is 0 Å². The van der Waals surface area contributed by atoms with E-state index in [9.17, 15) is 9.59 Å². The number of hydrogen-bond donors (Lipinski definition) is 0. The number of ether oxygens (including phenoxy) is 1. The Morgan fingerprint density at radius 3 is 2.75 bits per heavy atom. The van der Waals surface area contributed by atoms with E-state index < -0.39 is 0 Å². The lowest BCUT2D eigenvalue weighted by molar-refractivity contribution is -0.132. The Bertz CT molecular complexity index is 571. The fourth-order valence-electron chi connectivity index (χ4n) is 2.74. The number of amides is 2. The Morgan fingerprint density at radius 2 is 2.08 bits per heavy atom. The molecule has 1 fully saturated rings. The van der Waals surface area contributed by atoms with Crippen molar-refractivity contribution in [2.45, 2.75) is 39.7 Å². The molecule has 0 aliphatic carbocycles. The van der Waals surface area contributed by atoms with E-state index in [1.165, 1.54) is 0 Å². The lowest BCUT2D eigenvalue weighted by atomic mass is 10.1. The zero-order valence-electron chi connectivity index (χ0n) is 15.0. The smallest absolute Gasteiger partial charge is 0.224 e. The highest BCUT2D eigenvalue weighted by Gasteiger charge is 2.21. The molecular formula is C19H28N2O3. The van der Waals surface area contributed by atoms with Crippen LogP contribution in [0.25, 0.3) is 0 Å². The highest BCUT2D eigenvalue weighted by Crippen LogP contribution is 2.20. The van der Waals surface area contributed by atoms with Gasteiger partial charge in [0.05, 0.1) is 6.61 Å². The minimum atomic E-state index is 0.0494. The third-order valence-electron chi connectivity index (χ3n) is 4.15. The van der Waals surface area contributed by atoms with Crippen LogP contribution in [0.15, 0.2) is 24.3 Å². The lowest BCUT2D eigenvalue weighted by Crippen LogP contribution is -2.32. The van der Waals surface area contributed by atoms with E-state index in [2.05, 4.69) is 13.8 Å². The number of carbonyl (C=O) groups excluding carboxylic acids is 2. The summed E-state index contributed by atoms with van der Waals surface area (Å²) in [6, 6.07) is 7.83. The molecular weight excluding hydrogens is 304 g/mol. The van der Waals surface area contributed by atoms with Gasteiger partial charge < -0.3 is 14.5 Å². The SMILES string of the molecule is CC(C)COc1ccccc1CN(C)C(=O)CCN1CCCC1=O. The van der Waals surface area contributed by atoms with Crippen LogP contribution in [-0.2, 0) is 16.1 Å². The first-order chi connectivity index (χ1) is 11.5. The molecule has 0 aromatic heterocycles. The summed E-state index contributed by atoms with van der Waals surface area (Å²) in [6.45, 7) is 6.69. The maximum Gasteiger partial charge on any atom is 0.224 e. The third-order valence-corrected chi connectivity index (χ3v) is 4.15. The molecule has 5 nitrogen and oxygen atoms in total. The molecule has 1 heterocycles. The van der Waals surface area contributed by atoms with Crippen LogP contribution in [0.1, 0.15) is 38.7 Å². The van der Waals surface area contributed by atoms with E-state index in [1.54, 1.807) is 16.8 Å². The first-order valence-electron chi connectivity index (χ1n) is 8.70. The van der Waals surface area contributed by atoms with Gasteiger partial charge in [-0.3, -0.25) is 9.59 Å². The quantitative estimate of drug-likeness (QED) is 0.735. The van der Waals surface area contributed by atoms with Gasteiger partial charge in [0.25, 0.3) is 0 Å². The average Bonchev–Trinajstić information content (AvgIpc) is 2.96. The van der Waals surface area contributed by atoms with Crippen LogP contribution in [0.3, 0.4) is 0 Å². The van der Waals surface area contributed by atoms with Gasteiger partial charge in [-0.05, 0) is 18.4 Å². The van der Waals surface area contributed by atoms with Crippen LogP contribution in [0, 0.1) is 5.92 Å². The molecule has 5 heteroatoms. The summed E-state index contributed by atoms with van der Waals surface area (Å²) < 4.78 is 5.84. The van der Waals surface area contributed by atoms with Crippen LogP contribution >= 0.6 is 0 Å². The molecule has 0 N–H and O–H groups in total. The first-order valence-corrected chi connectivity index (χ1v) is 8.70. The lowest BCUT2D eigenvalue weighted by Gasteiger charge is -2.21. The van der Waals surface area contributed by atoms with Gasteiger partial charge in [0, 0.05) is 45.1 Å². The third kappa shape index (κ3) is 5.25. The van der Waals surface area contributed by atoms with E-state index in [0.717, 1.165) is 24.3 Å². The Hall–Kier alpha value is -2.04. The maximum absolute atomic E-state index is 12.3. The molecule has 0 unspecified atom stereocenters. The van der Waals surface area contributed by atoms with E-state index in [-0.39, 0.29) is 11.8 Å². The van der Waals surface area contributed by atoms with Crippen molar-refractivity contribution in [1.29, 1.82) is 0 Å². The van der Waals surface area contributed by atoms with Gasteiger partial charge in [0.1, 0.15) is 5.75 Å². The number of benzene rings is 1. The number of rotatable bonds is 8. The van der Waals surface area contributed by atoms with Gasteiger partial charge in [0.2, 0.25) is 11.8 Å². The Morgan fingerprint density at radius 1 is 1.33 bits per heavy atom. The number of likely N-dealkylation sites (tertiary alicyclic amines) is 1. The van der Waals surface area contributed by atoms with Gasteiger partial charge in [0.15, 0.2) is 0 Å². The minimum Gasteiger partial charge on any atom is -0.493 e. The van der Waals surface area contributed by atoms with Crippen LogP contribution in [0.4, 0.5) is 0 Å². The largest absolute Gasteiger partial charge is 0.493 e. The summed E-state index contributed by atoms with van der Waals surface area (Å²) in [4.78, 5) is 27.4. The monoisotopic (exact) mass is 332 g/mol. The highest BCUT2D eigenvalue weighted by molar-refractivity contribution is 5.80. The molecule has 1 aromatic rings. The Balaban J connectivity index is 1.87. The van der Waals surface area contributed by atoms with Gasteiger partial charge in [-0.1, -0.05) is 32.0 Å². The molecule has 2 amide bonds. The van der Waals surface area contributed by atoms with Crippen molar-refractivity contribution in [1.82, 2.24) is 9.80 Å². The van der Waals surface area contributed by atoms with Crippen LogP contribution in [0.5, 0.6) is 5.75 Å². The van der Waals surface area contributed by atoms with Gasteiger partial charge in [-0.15, -0.1) is 0 Å². The van der Waals surface area contributed by atoms with Crippen molar-refractivity contribution in [2.24, 2.45) is 5.92 Å². The Labute approximate surface area is 144 Å². The summed E-state index contributed by atoms with van der Waals surface area (Å²) >= 11 is 0. The molecule has 1 saturated heterocycles. The van der Waals surface area contributed by atoms with E-state index in [4.69, 9.17) is 4.74 Å². The summed E-state index contributed by atoms with van der Waals surface area (Å²) in [7, 11) is 1.80. The average molecular weight is 332 g/mol. The molecule has 0 radical (unpaired) electrons. The zero-order valence-corrected chi connectivity index (χ0v) is 15.0. The van der Waals surface area contributed by atoms with E-state index in [1.807, 2.05) is 24.3 Å². The second-order valence-electron chi connectivity index (χ2n) is 6.80. The summed E-state index contributed by atoms with van der Waals surface area (Å²) in [5, 5.41) is 0. The molecule has 0 atom stereocenters. The summed E-state index contributed by atoms with van der Waals surface area (Å²) in [5.74, 6) is 1.50. The fourth-order valence-corrected chi connectivity index (χ4v) is 2.74. The fraction of sp³-hybridized carbons (Fsp3) is 0.579. The molecule has 132 valence electrons. The molecule has 24 heavy (non-hydrogen) atoms. The second-order valence-corrected chi connectivity index (χ2v) is 6.80. The van der Waals surface area contributed by atoms with Crippen molar-refractivity contribution in [3.05, 3.63) is 29.8 Å². The van der Waals surface area contributed by atoms with Gasteiger partial charge in [-0.25, -0.2) is 0 Å². The number of carbonyl (C=O) groups is 2. The molecule has 0 saturated carbocycles. The normalized spacial score (nSPS) is 14.3. The number of nitrogens with zero attached hydrogens (tertiary/aromatic N) is 2. The van der Waals surface area contributed by atoms with Crippen molar-refractivity contribution in [3.63, 3.8) is 0 Å². The van der Waals surface area contributed by atoms with Crippen molar-refractivity contribution >= 4 is 11.8 Å². The molecule has 1 aliphatic rings. The topological polar surface area (TPSA) is 49.9 Å². The predicted octanol–water partition coefficient (Wildman–Crippen LogP) is 2.69. The standard InChI is InChI=1S/C19H28N2O3/c1-15(2)14-24-17-8-5-4-7-16(17)13-20(3)18(22)10-12-21-11-6-9-19(21)23/h4-5,7-8,15H,6,9-14H2,1-3H3. The molecule has 0 spiro atoms. The van der Waals surface area contributed by atoms with E-state index >= 15 is 0 Å². The van der Waals surface area contributed by atoms with Crippen LogP contribution < -0.4 is 4.74 Å². The van der Waals surface area contributed by atoms with Crippen molar-refractivity contribution < 1.29 is 14.3 Å². The van der Waals surface area contributed by atoms with Crippen molar-refractivity contribution in [2.75, 3.05) is 26.7 Å². The zero-order chi connectivity index (χ0) is 17.5. The van der Waals surface area contributed by atoms with Gasteiger partial charge >= 0.3 is 0 Å². The first kappa shape index (κ1) is 18.3. The highest BCUT2D eigenvalue weighted by atomic mass is 16.5. The molecule has 2 rings (SSSR count).